The third-order valence-electron chi connectivity index (χ3n) is 3.68. The van der Waals surface area contributed by atoms with Crippen LogP contribution in [-0.4, -0.2) is 18.6 Å². The number of halogens is 1. The first-order valence-electron chi connectivity index (χ1n) is 6.82. The Kier molecular flexibility index (Phi) is 3.65. The number of ether oxygens (including phenoxy) is 1. The summed E-state index contributed by atoms with van der Waals surface area (Å²) in [5.74, 6) is 0.592. The SMILES string of the molecule is CNC(c1ccncc1F)c1cccc2c1OCCC2. The molecule has 0 amide bonds. The molecule has 3 rings (SSSR count). The minimum atomic E-state index is -0.305. The summed E-state index contributed by atoms with van der Waals surface area (Å²) in [6, 6.07) is 7.55. The average molecular weight is 272 g/mol. The first kappa shape index (κ1) is 13.1. The molecule has 1 N–H and O–H groups in total. The molecule has 2 heterocycles. The lowest BCUT2D eigenvalue weighted by Crippen LogP contribution is -2.21. The Labute approximate surface area is 117 Å². The van der Waals surface area contributed by atoms with Crippen molar-refractivity contribution in [2.24, 2.45) is 0 Å². The van der Waals surface area contributed by atoms with Crippen molar-refractivity contribution < 1.29 is 9.13 Å². The minimum Gasteiger partial charge on any atom is -0.493 e. The molecular formula is C16H17FN2O. The van der Waals surface area contributed by atoms with Crippen LogP contribution in [0.15, 0.2) is 36.7 Å². The summed E-state index contributed by atoms with van der Waals surface area (Å²) >= 11 is 0. The highest BCUT2D eigenvalue weighted by molar-refractivity contribution is 5.47. The molecule has 1 aromatic carbocycles. The number of aromatic nitrogens is 1. The first-order chi connectivity index (χ1) is 9.81. The number of hydrogen-bond acceptors (Lipinski definition) is 3. The van der Waals surface area contributed by atoms with Crippen LogP contribution in [0.4, 0.5) is 4.39 Å². The van der Waals surface area contributed by atoms with Crippen LogP contribution in [-0.2, 0) is 6.42 Å². The van der Waals surface area contributed by atoms with E-state index < -0.39 is 0 Å². The predicted octanol–water partition coefficient (Wildman–Crippen LogP) is 2.85. The molecule has 0 bridgehead atoms. The second-order valence-electron chi connectivity index (χ2n) is 4.91. The van der Waals surface area contributed by atoms with Gasteiger partial charge >= 0.3 is 0 Å². The van der Waals surface area contributed by atoms with E-state index in [9.17, 15) is 4.39 Å². The van der Waals surface area contributed by atoms with Crippen molar-refractivity contribution in [3.8, 4) is 5.75 Å². The van der Waals surface area contributed by atoms with Crippen molar-refractivity contribution in [3.63, 3.8) is 0 Å². The van der Waals surface area contributed by atoms with E-state index in [1.807, 2.05) is 19.2 Å². The fourth-order valence-corrected chi connectivity index (χ4v) is 2.74. The number of para-hydroxylation sites is 1. The molecule has 0 fully saturated rings. The molecule has 1 aliphatic heterocycles. The highest BCUT2D eigenvalue weighted by Crippen LogP contribution is 2.35. The van der Waals surface area contributed by atoms with Gasteiger partial charge in [-0.05, 0) is 31.5 Å². The molecule has 0 aliphatic carbocycles. The van der Waals surface area contributed by atoms with Gasteiger partial charge in [0, 0.05) is 17.3 Å². The van der Waals surface area contributed by atoms with Crippen LogP contribution in [0.5, 0.6) is 5.75 Å². The second-order valence-corrected chi connectivity index (χ2v) is 4.91. The van der Waals surface area contributed by atoms with Gasteiger partial charge in [0.15, 0.2) is 0 Å². The molecule has 0 saturated carbocycles. The zero-order valence-electron chi connectivity index (χ0n) is 11.4. The normalized spacial score (nSPS) is 15.3. The summed E-state index contributed by atoms with van der Waals surface area (Å²) in [4.78, 5) is 3.81. The van der Waals surface area contributed by atoms with E-state index in [2.05, 4.69) is 16.4 Å². The summed E-state index contributed by atoms with van der Waals surface area (Å²) in [7, 11) is 1.83. The van der Waals surface area contributed by atoms with E-state index in [-0.39, 0.29) is 11.9 Å². The monoisotopic (exact) mass is 272 g/mol. The van der Waals surface area contributed by atoms with Crippen molar-refractivity contribution in [1.82, 2.24) is 10.3 Å². The second kappa shape index (κ2) is 5.59. The minimum absolute atomic E-state index is 0.231. The molecule has 1 aliphatic rings. The van der Waals surface area contributed by atoms with Crippen molar-refractivity contribution in [2.75, 3.05) is 13.7 Å². The van der Waals surface area contributed by atoms with E-state index in [0.29, 0.717) is 5.56 Å². The standard InChI is InChI=1S/C16H17FN2O/c1-18-15(12-7-8-19-10-14(12)17)13-6-2-4-11-5-3-9-20-16(11)13/h2,4,6-8,10,15,18H,3,5,9H2,1H3. The van der Waals surface area contributed by atoms with Crippen LogP contribution in [0, 0.1) is 5.82 Å². The van der Waals surface area contributed by atoms with Crippen LogP contribution in [0.1, 0.15) is 29.2 Å². The highest BCUT2D eigenvalue weighted by Gasteiger charge is 2.23. The number of fused-ring (bicyclic) bond motifs is 1. The molecule has 0 radical (unpaired) electrons. The molecule has 0 saturated heterocycles. The molecule has 104 valence electrons. The van der Waals surface area contributed by atoms with E-state index in [4.69, 9.17) is 4.74 Å². The van der Waals surface area contributed by atoms with Gasteiger partial charge in [-0.2, -0.15) is 0 Å². The van der Waals surface area contributed by atoms with Crippen molar-refractivity contribution in [3.05, 3.63) is 59.2 Å². The molecule has 4 heteroatoms. The summed E-state index contributed by atoms with van der Waals surface area (Å²) in [5.41, 5.74) is 2.77. The van der Waals surface area contributed by atoms with E-state index in [1.54, 1.807) is 12.3 Å². The van der Waals surface area contributed by atoms with Gasteiger partial charge in [0.2, 0.25) is 0 Å². The van der Waals surface area contributed by atoms with Gasteiger partial charge in [-0.25, -0.2) is 4.39 Å². The Balaban J connectivity index is 2.09. The third-order valence-corrected chi connectivity index (χ3v) is 3.68. The zero-order chi connectivity index (χ0) is 13.9. The molecule has 20 heavy (non-hydrogen) atoms. The van der Waals surface area contributed by atoms with Gasteiger partial charge in [-0.1, -0.05) is 18.2 Å². The van der Waals surface area contributed by atoms with Crippen LogP contribution < -0.4 is 10.1 Å². The van der Waals surface area contributed by atoms with Crippen molar-refractivity contribution >= 4 is 0 Å². The maximum Gasteiger partial charge on any atom is 0.146 e. The van der Waals surface area contributed by atoms with Gasteiger partial charge < -0.3 is 10.1 Å². The van der Waals surface area contributed by atoms with Crippen LogP contribution in [0.2, 0.25) is 0 Å². The molecule has 0 spiro atoms. The van der Waals surface area contributed by atoms with Crippen LogP contribution in [0.25, 0.3) is 0 Å². The quantitative estimate of drug-likeness (QED) is 0.933. The topological polar surface area (TPSA) is 34.2 Å². The van der Waals surface area contributed by atoms with Crippen molar-refractivity contribution in [1.29, 1.82) is 0 Å². The largest absolute Gasteiger partial charge is 0.493 e. The maximum atomic E-state index is 14.0. The highest BCUT2D eigenvalue weighted by atomic mass is 19.1. The lowest BCUT2D eigenvalue weighted by molar-refractivity contribution is 0.283. The summed E-state index contributed by atoms with van der Waals surface area (Å²) in [5, 5.41) is 3.18. The Morgan fingerprint density at radius 2 is 2.20 bits per heavy atom. The van der Waals surface area contributed by atoms with Gasteiger partial charge in [-0.3, -0.25) is 4.98 Å². The fraction of sp³-hybridized carbons (Fsp3) is 0.312. The summed E-state index contributed by atoms with van der Waals surface area (Å²) in [6.07, 6.45) is 4.90. The number of rotatable bonds is 3. The van der Waals surface area contributed by atoms with Crippen molar-refractivity contribution in [2.45, 2.75) is 18.9 Å². The maximum absolute atomic E-state index is 14.0. The molecule has 1 aromatic heterocycles. The average Bonchev–Trinajstić information content (AvgIpc) is 2.50. The smallest absolute Gasteiger partial charge is 0.146 e. The fourth-order valence-electron chi connectivity index (χ4n) is 2.74. The molecular weight excluding hydrogens is 255 g/mol. The van der Waals surface area contributed by atoms with E-state index in [0.717, 1.165) is 30.8 Å². The number of hydrogen-bond donors (Lipinski definition) is 1. The molecule has 3 nitrogen and oxygen atoms in total. The Hall–Kier alpha value is -1.94. The van der Waals surface area contributed by atoms with Gasteiger partial charge in [0.25, 0.3) is 0 Å². The van der Waals surface area contributed by atoms with Crippen LogP contribution in [0.3, 0.4) is 0 Å². The van der Waals surface area contributed by atoms with Crippen LogP contribution >= 0.6 is 0 Å². The van der Waals surface area contributed by atoms with Gasteiger partial charge in [-0.15, -0.1) is 0 Å². The van der Waals surface area contributed by atoms with E-state index >= 15 is 0 Å². The Bertz CT molecular complexity index is 615. The zero-order valence-corrected chi connectivity index (χ0v) is 11.4. The third kappa shape index (κ3) is 2.27. The van der Waals surface area contributed by atoms with Gasteiger partial charge in [0.1, 0.15) is 11.6 Å². The number of nitrogens with zero attached hydrogens (tertiary/aromatic N) is 1. The molecule has 1 atom stereocenters. The lowest BCUT2D eigenvalue weighted by Gasteiger charge is -2.25. The first-order valence-corrected chi connectivity index (χ1v) is 6.82. The van der Waals surface area contributed by atoms with Gasteiger partial charge in [0.05, 0.1) is 18.8 Å². The molecule has 2 aromatic rings. The Morgan fingerprint density at radius 3 is 3.00 bits per heavy atom. The number of benzene rings is 1. The number of pyridine rings is 1. The number of aryl methyl sites for hydroxylation is 1. The molecule has 1 unspecified atom stereocenters. The predicted molar refractivity (Wildman–Crippen MR) is 75.4 cm³/mol. The Morgan fingerprint density at radius 1 is 1.30 bits per heavy atom. The summed E-state index contributed by atoms with van der Waals surface area (Å²) in [6.45, 7) is 0.722. The summed E-state index contributed by atoms with van der Waals surface area (Å²) < 4.78 is 19.8. The van der Waals surface area contributed by atoms with E-state index in [1.165, 1.54) is 11.8 Å². The lowest BCUT2D eigenvalue weighted by atomic mass is 9.94. The number of nitrogens with one attached hydrogen (secondary N) is 1.